The van der Waals surface area contributed by atoms with E-state index >= 15 is 0 Å². The van der Waals surface area contributed by atoms with Crippen LogP contribution in [0.4, 0.5) is 16.3 Å². The summed E-state index contributed by atoms with van der Waals surface area (Å²) in [5.41, 5.74) is 5.45. The van der Waals surface area contributed by atoms with E-state index in [9.17, 15) is 9.59 Å². The maximum absolute atomic E-state index is 11.4. The van der Waals surface area contributed by atoms with Crippen molar-refractivity contribution in [2.24, 2.45) is 5.73 Å². The predicted molar refractivity (Wildman–Crippen MR) is 58.7 cm³/mol. The lowest BCUT2D eigenvalue weighted by Gasteiger charge is -2.12. The van der Waals surface area contributed by atoms with Crippen molar-refractivity contribution in [2.75, 3.05) is 10.2 Å². The predicted octanol–water partition coefficient (Wildman–Crippen LogP) is 0.823. The highest BCUT2D eigenvalue weighted by Crippen LogP contribution is 2.18. The van der Waals surface area contributed by atoms with Gasteiger partial charge in [0.2, 0.25) is 5.91 Å². The van der Waals surface area contributed by atoms with Crippen molar-refractivity contribution in [1.29, 1.82) is 0 Å². The molecule has 0 spiro atoms. The normalized spacial score (nSPS) is 14.2. The number of hydrogen-bond acceptors (Lipinski definition) is 3. The lowest BCUT2D eigenvalue weighted by Crippen LogP contribution is -2.22. The first-order valence-corrected chi connectivity index (χ1v) is 4.68. The maximum Gasteiger partial charge on any atom is 0.316 e. The molecule has 1 aromatic rings. The first kappa shape index (κ1) is 10.2. The number of nitrogens with zero attached hydrogens (tertiary/aromatic N) is 2. The maximum atomic E-state index is 11.4. The van der Waals surface area contributed by atoms with Gasteiger partial charge in [-0.2, -0.15) is 0 Å². The molecule has 0 saturated carbocycles. The van der Waals surface area contributed by atoms with E-state index in [4.69, 9.17) is 5.73 Å². The van der Waals surface area contributed by atoms with E-state index in [0.717, 1.165) is 0 Å². The van der Waals surface area contributed by atoms with Gasteiger partial charge in [-0.1, -0.05) is 6.08 Å². The molecule has 0 bridgehead atoms. The number of amides is 3. The summed E-state index contributed by atoms with van der Waals surface area (Å²) >= 11 is 0. The fourth-order valence-electron chi connectivity index (χ4n) is 1.39. The monoisotopic (exact) mass is 218 g/mol. The van der Waals surface area contributed by atoms with Gasteiger partial charge in [-0.25, -0.2) is 9.78 Å². The van der Waals surface area contributed by atoms with Crippen LogP contribution in [-0.2, 0) is 4.79 Å². The average Bonchev–Trinajstić information content (AvgIpc) is 2.65. The number of carbonyl (C=O) groups excluding carboxylic acids is 2. The number of urea groups is 1. The van der Waals surface area contributed by atoms with Gasteiger partial charge in [-0.3, -0.25) is 9.69 Å². The highest BCUT2D eigenvalue weighted by atomic mass is 16.2. The van der Waals surface area contributed by atoms with E-state index in [-0.39, 0.29) is 5.91 Å². The Balaban J connectivity index is 2.16. The van der Waals surface area contributed by atoms with Crippen molar-refractivity contribution >= 4 is 23.4 Å². The fourth-order valence-corrected chi connectivity index (χ4v) is 1.39. The first-order valence-electron chi connectivity index (χ1n) is 4.68. The molecule has 0 fully saturated rings. The van der Waals surface area contributed by atoms with E-state index in [1.165, 1.54) is 11.1 Å². The van der Waals surface area contributed by atoms with Crippen LogP contribution in [0.1, 0.15) is 6.42 Å². The second-order valence-electron chi connectivity index (χ2n) is 3.25. The van der Waals surface area contributed by atoms with Crippen LogP contribution in [0.2, 0.25) is 0 Å². The standard InChI is InChI=1S/C10H10N4O2/c11-10(16)13-7-3-4-8(12-6-7)14-5-1-2-9(14)15/h1,3-6H,2H2,(H3,11,13,16). The third-order valence-corrected chi connectivity index (χ3v) is 2.08. The van der Waals surface area contributed by atoms with Crippen LogP contribution >= 0.6 is 0 Å². The fraction of sp³-hybridized carbons (Fsp3) is 0.100. The van der Waals surface area contributed by atoms with Crippen molar-refractivity contribution < 1.29 is 9.59 Å². The molecule has 0 saturated heterocycles. The molecule has 0 aromatic carbocycles. The number of nitrogens with one attached hydrogen (secondary N) is 1. The number of rotatable bonds is 2. The van der Waals surface area contributed by atoms with Crippen LogP contribution in [0.25, 0.3) is 0 Å². The molecule has 1 aliphatic heterocycles. The summed E-state index contributed by atoms with van der Waals surface area (Å²) in [6.45, 7) is 0. The molecule has 0 atom stereocenters. The number of pyridine rings is 1. The van der Waals surface area contributed by atoms with Gasteiger partial charge in [0.25, 0.3) is 0 Å². The first-order chi connectivity index (χ1) is 7.66. The van der Waals surface area contributed by atoms with Gasteiger partial charge in [-0.05, 0) is 12.1 Å². The SMILES string of the molecule is NC(=O)Nc1ccc(N2C=CCC2=O)nc1. The zero-order valence-corrected chi connectivity index (χ0v) is 8.38. The molecule has 16 heavy (non-hydrogen) atoms. The van der Waals surface area contributed by atoms with E-state index in [1.807, 2.05) is 0 Å². The molecule has 3 N–H and O–H groups in total. The molecule has 2 heterocycles. The minimum absolute atomic E-state index is 0.0249. The lowest BCUT2D eigenvalue weighted by molar-refractivity contribution is -0.116. The Labute approximate surface area is 91.8 Å². The molecule has 3 amide bonds. The lowest BCUT2D eigenvalue weighted by atomic mass is 10.4. The summed E-state index contributed by atoms with van der Waals surface area (Å²) in [5, 5.41) is 2.39. The number of aromatic nitrogens is 1. The summed E-state index contributed by atoms with van der Waals surface area (Å²) in [7, 11) is 0. The number of nitrogens with two attached hydrogens (primary N) is 1. The van der Waals surface area contributed by atoms with E-state index in [0.29, 0.717) is 17.9 Å². The Hall–Kier alpha value is -2.37. The van der Waals surface area contributed by atoms with Crippen molar-refractivity contribution in [3.05, 3.63) is 30.6 Å². The van der Waals surface area contributed by atoms with Gasteiger partial charge in [-0.15, -0.1) is 0 Å². The molecule has 0 aliphatic carbocycles. The topological polar surface area (TPSA) is 88.3 Å². The summed E-state index contributed by atoms with van der Waals surface area (Å²) in [6, 6.07) is 2.62. The highest BCUT2D eigenvalue weighted by Gasteiger charge is 2.17. The van der Waals surface area contributed by atoms with E-state index in [2.05, 4.69) is 10.3 Å². The molecule has 6 heteroatoms. The van der Waals surface area contributed by atoms with Crippen LogP contribution in [-0.4, -0.2) is 16.9 Å². The third-order valence-electron chi connectivity index (χ3n) is 2.08. The molecule has 1 aliphatic rings. The Bertz CT molecular complexity index is 452. The van der Waals surface area contributed by atoms with Crippen molar-refractivity contribution in [3.8, 4) is 0 Å². The number of carbonyl (C=O) groups is 2. The Morgan fingerprint density at radius 2 is 2.31 bits per heavy atom. The number of primary amides is 1. The number of anilines is 2. The zero-order valence-electron chi connectivity index (χ0n) is 8.38. The third kappa shape index (κ3) is 2.00. The van der Waals surface area contributed by atoms with Crippen LogP contribution in [0.15, 0.2) is 30.6 Å². The average molecular weight is 218 g/mol. The molecule has 1 aromatic heterocycles. The molecule has 82 valence electrons. The van der Waals surface area contributed by atoms with E-state index < -0.39 is 6.03 Å². The van der Waals surface area contributed by atoms with Crippen LogP contribution in [0.3, 0.4) is 0 Å². The second kappa shape index (κ2) is 4.01. The minimum atomic E-state index is -0.647. The van der Waals surface area contributed by atoms with Crippen LogP contribution < -0.4 is 16.0 Å². The minimum Gasteiger partial charge on any atom is -0.351 e. The summed E-state index contributed by atoms with van der Waals surface area (Å²) in [5.74, 6) is 0.497. The van der Waals surface area contributed by atoms with Gasteiger partial charge in [0, 0.05) is 12.6 Å². The van der Waals surface area contributed by atoms with Gasteiger partial charge in [0.15, 0.2) is 0 Å². The Kier molecular flexibility index (Phi) is 2.55. The van der Waals surface area contributed by atoms with Gasteiger partial charge in [0.05, 0.1) is 11.9 Å². The highest BCUT2D eigenvalue weighted by molar-refractivity contribution is 5.97. The van der Waals surface area contributed by atoms with Crippen molar-refractivity contribution in [3.63, 3.8) is 0 Å². The zero-order chi connectivity index (χ0) is 11.5. The molecular formula is C10H10N4O2. The quantitative estimate of drug-likeness (QED) is 0.770. The molecular weight excluding hydrogens is 208 g/mol. The largest absolute Gasteiger partial charge is 0.351 e. The summed E-state index contributed by atoms with van der Waals surface area (Å²) in [6.07, 6.45) is 5.27. The molecule has 0 unspecified atom stereocenters. The van der Waals surface area contributed by atoms with Crippen molar-refractivity contribution in [1.82, 2.24) is 4.98 Å². The summed E-state index contributed by atoms with van der Waals surface area (Å²) in [4.78, 5) is 27.4. The van der Waals surface area contributed by atoms with Gasteiger partial charge < -0.3 is 11.1 Å². The number of hydrogen-bond donors (Lipinski definition) is 2. The smallest absolute Gasteiger partial charge is 0.316 e. The van der Waals surface area contributed by atoms with Crippen LogP contribution in [0, 0.1) is 0 Å². The molecule has 0 radical (unpaired) electrons. The van der Waals surface area contributed by atoms with Gasteiger partial charge in [0.1, 0.15) is 5.82 Å². The second-order valence-corrected chi connectivity index (χ2v) is 3.25. The Morgan fingerprint density at radius 1 is 1.50 bits per heavy atom. The molecule has 6 nitrogen and oxygen atoms in total. The Morgan fingerprint density at radius 3 is 2.81 bits per heavy atom. The molecule has 2 rings (SSSR count). The van der Waals surface area contributed by atoms with Gasteiger partial charge >= 0.3 is 6.03 Å². The van der Waals surface area contributed by atoms with E-state index in [1.54, 1.807) is 24.4 Å². The summed E-state index contributed by atoms with van der Waals surface area (Å²) < 4.78 is 0. The van der Waals surface area contributed by atoms with Crippen LogP contribution in [0.5, 0.6) is 0 Å². The van der Waals surface area contributed by atoms with Crippen molar-refractivity contribution in [2.45, 2.75) is 6.42 Å².